The predicted octanol–water partition coefficient (Wildman–Crippen LogP) is 9.13. The van der Waals surface area contributed by atoms with Crippen LogP contribution in [0.5, 0.6) is 0 Å². The van der Waals surface area contributed by atoms with E-state index in [0.717, 1.165) is 45.0 Å². The van der Waals surface area contributed by atoms with Gasteiger partial charge in [0.2, 0.25) is 0 Å². The second-order valence-electron chi connectivity index (χ2n) is 9.81. The van der Waals surface area contributed by atoms with Crippen LogP contribution in [0.4, 0.5) is 0 Å². The molecule has 0 fully saturated rings. The zero-order chi connectivity index (χ0) is 26.7. The molecule has 0 aliphatic rings. The highest BCUT2D eigenvalue weighted by Gasteiger charge is 2.11. The first-order valence-corrected chi connectivity index (χ1v) is 13.3. The number of H-pyrrole nitrogens is 2. The minimum Gasteiger partial charge on any atom is -0.277 e. The van der Waals surface area contributed by atoms with Crippen molar-refractivity contribution in [3.8, 4) is 67.3 Å². The van der Waals surface area contributed by atoms with Gasteiger partial charge in [-0.1, -0.05) is 115 Å². The number of benzene rings is 5. The maximum atomic E-state index is 4.64. The normalized spacial score (nSPS) is 11.0. The molecule has 7 rings (SSSR count). The molecule has 4 nitrogen and oxygen atoms in total. The lowest BCUT2D eigenvalue weighted by molar-refractivity contribution is 1.10. The van der Waals surface area contributed by atoms with Crippen LogP contribution in [-0.4, -0.2) is 20.4 Å². The fourth-order valence-corrected chi connectivity index (χ4v) is 5.07. The molecule has 0 atom stereocenters. The van der Waals surface area contributed by atoms with Crippen LogP contribution in [-0.2, 0) is 0 Å². The Balaban J connectivity index is 1.15. The topological polar surface area (TPSA) is 57.4 Å². The molecular formula is C36H26N4. The van der Waals surface area contributed by atoms with E-state index in [4.69, 9.17) is 0 Å². The van der Waals surface area contributed by atoms with Gasteiger partial charge in [-0.05, 0) is 52.6 Å². The van der Waals surface area contributed by atoms with Crippen LogP contribution < -0.4 is 0 Å². The van der Waals surface area contributed by atoms with E-state index in [2.05, 4.69) is 154 Å². The quantitative estimate of drug-likeness (QED) is 0.232. The number of nitrogens with one attached hydrogen (secondary N) is 2. The SMILES string of the molecule is c1ccc(-c2cccc(-c3cc(-c4cccc(-c5cc(-c6cccc(-c7ccccc7)c6)[nH]n5)c4)n[nH]3)c2)cc1. The van der Waals surface area contributed by atoms with Crippen LogP contribution in [0.1, 0.15) is 0 Å². The monoisotopic (exact) mass is 514 g/mol. The highest BCUT2D eigenvalue weighted by molar-refractivity contribution is 5.77. The Labute approximate surface area is 233 Å². The lowest BCUT2D eigenvalue weighted by Gasteiger charge is -2.04. The largest absolute Gasteiger partial charge is 0.277 e. The number of hydrogen-bond donors (Lipinski definition) is 2. The van der Waals surface area contributed by atoms with E-state index in [1.165, 1.54) is 22.3 Å². The fourth-order valence-electron chi connectivity index (χ4n) is 5.07. The summed E-state index contributed by atoms with van der Waals surface area (Å²) in [6.07, 6.45) is 0. The van der Waals surface area contributed by atoms with Crippen molar-refractivity contribution in [3.63, 3.8) is 0 Å². The van der Waals surface area contributed by atoms with Crippen LogP contribution >= 0.6 is 0 Å². The summed E-state index contributed by atoms with van der Waals surface area (Å²) < 4.78 is 0. The molecule has 0 radical (unpaired) electrons. The predicted molar refractivity (Wildman–Crippen MR) is 163 cm³/mol. The zero-order valence-electron chi connectivity index (χ0n) is 21.8. The summed E-state index contributed by atoms with van der Waals surface area (Å²) in [5.74, 6) is 0. The van der Waals surface area contributed by atoms with Crippen molar-refractivity contribution >= 4 is 0 Å². The first-order chi connectivity index (χ1) is 19.8. The molecular weight excluding hydrogens is 488 g/mol. The summed E-state index contributed by atoms with van der Waals surface area (Å²) in [4.78, 5) is 0. The van der Waals surface area contributed by atoms with Gasteiger partial charge in [0, 0.05) is 22.3 Å². The molecule has 0 aliphatic carbocycles. The van der Waals surface area contributed by atoms with Gasteiger partial charge in [0.1, 0.15) is 0 Å². The molecule has 2 heterocycles. The molecule has 5 aromatic carbocycles. The van der Waals surface area contributed by atoms with E-state index in [1.807, 2.05) is 12.1 Å². The van der Waals surface area contributed by atoms with Crippen molar-refractivity contribution < 1.29 is 0 Å². The Bertz CT molecular complexity index is 1760. The van der Waals surface area contributed by atoms with Gasteiger partial charge in [0.25, 0.3) is 0 Å². The van der Waals surface area contributed by atoms with Gasteiger partial charge in [-0.25, -0.2) is 0 Å². The first-order valence-electron chi connectivity index (χ1n) is 13.3. The molecule has 0 saturated carbocycles. The average Bonchev–Trinajstić information content (AvgIpc) is 3.74. The van der Waals surface area contributed by atoms with Gasteiger partial charge in [-0.2, -0.15) is 10.2 Å². The molecule has 190 valence electrons. The molecule has 0 aliphatic heterocycles. The van der Waals surface area contributed by atoms with Gasteiger partial charge < -0.3 is 0 Å². The van der Waals surface area contributed by atoms with Gasteiger partial charge >= 0.3 is 0 Å². The average molecular weight is 515 g/mol. The van der Waals surface area contributed by atoms with Crippen molar-refractivity contribution in [1.29, 1.82) is 0 Å². The molecule has 0 amide bonds. The number of nitrogens with zero attached hydrogens (tertiary/aromatic N) is 2. The smallest absolute Gasteiger partial charge is 0.0927 e. The van der Waals surface area contributed by atoms with Crippen LogP contribution in [0.15, 0.2) is 146 Å². The highest BCUT2D eigenvalue weighted by Crippen LogP contribution is 2.31. The van der Waals surface area contributed by atoms with Gasteiger partial charge in [0.05, 0.1) is 22.8 Å². The summed E-state index contributed by atoms with van der Waals surface area (Å²) in [5, 5.41) is 15.7. The van der Waals surface area contributed by atoms with E-state index < -0.39 is 0 Å². The first kappa shape index (κ1) is 23.6. The van der Waals surface area contributed by atoms with Crippen molar-refractivity contribution in [3.05, 3.63) is 146 Å². The van der Waals surface area contributed by atoms with Crippen molar-refractivity contribution in [2.45, 2.75) is 0 Å². The van der Waals surface area contributed by atoms with E-state index >= 15 is 0 Å². The maximum Gasteiger partial charge on any atom is 0.0927 e. The van der Waals surface area contributed by atoms with Crippen molar-refractivity contribution in [2.75, 3.05) is 0 Å². The summed E-state index contributed by atoms with van der Waals surface area (Å²) in [7, 11) is 0. The molecule has 0 bridgehead atoms. The molecule has 0 spiro atoms. The molecule has 40 heavy (non-hydrogen) atoms. The van der Waals surface area contributed by atoms with Crippen LogP contribution in [0, 0.1) is 0 Å². The van der Waals surface area contributed by atoms with Gasteiger partial charge in [-0.3, -0.25) is 10.2 Å². The minimum atomic E-state index is 0.897. The molecule has 0 unspecified atom stereocenters. The summed E-state index contributed by atoms with van der Waals surface area (Å²) >= 11 is 0. The second-order valence-corrected chi connectivity index (χ2v) is 9.81. The van der Waals surface area contributed by atoms with Gasteiger partial charge in [-0.15, -0.1) is 0 Å². The summed E-state index contributed by atoms with van der Waals surface area (Å²) in [5.41, 5.74) is 12.8. The van der Waals surface area contributed by atoms with Gasteiger partial charge in [0.15, 0.2) is 0 Å². The Morgan fingerprint density at radius 3 is 1.10 bits per heavy atom. The number of rotatable bonds is 6. The van der Waals surface area contributed by atoms with E-state index in [1.54, 1.807) is 0 Å². The molecule has 2 aromatic heterocycles. The Morgan fingerprint density at radius 2 is 0.650 bits per heavy atom. The third-order valence-electron chi connectivity index (χ3n) is 7.17. The maximum absolute atomic E-state index is 4.64. The number of hydrogen-bond acceptors (Lipinski definition) is 2. The van der Waals surface area contributed by atoms with Crippen LogP contribution in [0.25, 0.3) is 67.3 Å². The molecule has 4 heteroatoms. The van der Waals surface area contributed by atoms with E-state index in [0.29, 0.717) is 0 Å². The van der Waals surface area contributed by atoms with E-state index in [-0.39, 0.29) is 0 Å². The Morgan fingerprint density at radius 1 is 0.300 bits per heavy atom. The van der Waals surface area contributed by atoms with Crippen molar-refractivity contribution in [2.24, 2.45) is 0 Å². The highest BCUT2D eigenvalue weighted by atomic mass is 15.1. The minimum absolute atomic E-state index is 0.897. The van der Waals surface area contributed by atoms with Crippen LogP contribution in [0.2, 0.25) is 0 Å². The Kier molecular flexibility index (Phi) is 6.11. The molecule has 7 aromatic rings. The Hall–Kier alpha value is -5.48. The standard InChI is InChI=1S/C36H26N4/c1-3-10-25(11-4-1)27-14-7-16-29(20-27)33-23-35(39-37-33)31-18-9-19-32(22-31)36-24-34(38-40-36)30-17-8-15-28(21-30)26-12-5-2-6-13-26/h1-24H,(H,37,39)(H,38,40). The van der Waals surface area contributed by atoms with Crippen molar-refractivity contribution in [1.82, 2.24) is 20.4 Å². The third-order valence-corrected chi connectivity index (χ3v) is 7.17. The van der Waals surface area contributed by atoms with E-state index in [9.17, 15) is 0 Å². The lowest BCUT2D eigenvalue weighted by Crippen LogP contribution is -1.82. The second kappa shape index (κ2) is 10.4. The summed E-state index contributed by atoms with van der Waals surface area (Å²) in [6, 6.07) is 50.5. The number of aromatic nitrogens is 4. The van der Waals surface area contributed by atoms with Crippen LogP contribution in [0.3, 0.4) is 0 Å². The number of aromatic amines is 2. The lowest BCUT2D eigenvalue weighted by atomic mass is 10.0. The summed E-state index contributed by atoms with van der Waals surface area (Å²) in [6.45, 7) is 0. The molecule has 0 saturated heterocycles. The zero-order valence-corrected chi connectivity index (χ0v) is 21.8. The third kappa shape index (κ3) is 4.74. The molecule has 2 N–H and O–H groups in total. The fraction of sp³-hybridized carbons (Fsp3) is 0.